The highest BCUT2D eigenvalue weighted by Crippen LogP contribution is 2.26. The lowest BCUT2D eigenvalue weighted by Gasteiger charge is -2.21. The van der Waals surface area contributed by atoms with Gasteiger partial charge in [0.2, 0.25) is 0 Å². The molecule has 0 atom stereocenters. The molecule has 0 aromatic heterocycles. The summed E-state index contributed by atoms with van der Waals surface area (Å²) >= 11 is 9.36. The molecule has 5 heteroatoms. The van der Waals surface area contributed by atoms with E-state index in [0.717, 1.165) is 6.42 Å². The Kier molecular flexibility index (Phi) is 5.95. The van der Waals surface area contributed by atoms with E-state index in [9.17, 15) is 4.79 Å². The number of aliphatic hydroxyl groups excluding tert-OH is 1. The van der Waals surface area contributed by atoms with Gasteiger partial charge in [0.05, 0.1) is 17.2 Å². The summed E-state index contributed by atoms with van der Waals surface area (Å²) in [7, 11) is 0. The standard InChI is InChI=1S/C12H15BrClNO2/c1-2-6-15(7-8-16)12(17)9-4-3-5-10(13)11(9)14/h3-5,16H,2,6-8H2,1H3. The van der Waals surface area contributed by atoms with Crippen molar-refractivity contribution < 1.29 is 9.90 Å². The molecule has 1 rings (SSSR count). The van der Waals surface area contributed by atoms with Gasteiger partial charge in [-0.15, -0.1) is 0 Å². The van der Waals surface area contributed by atoms with Crippen molar-refractivity contribution >= 4 is 33.4 Å². The number of aliphatic hydroxyl groups is 1. The van der Waals surface area contributed by atoms with Crippen molar-refractivity contribution in [3.05, 3.63) is 33.3 Å². The van der Waals surface area contributed by atoms with E-state index in [1.165, 1.54) is 0 Å². The number of halogens is 2. The zero-order chi connectivity index (χ0) is 12.8. The lowest BCUT2D eigenvalue weighted by atomic mass is 10.2. The van der Waals surface area contributed by atoms with Crippen LogP contribution in [0.4, 0.5) is 0 Å². The molecule has 0 radical (unpaired) electrons. The molecule has 94 valence electrons. The number of benzene rings is 1. The number of nitrogens with zero attached hydrogens (tertiary/aromatic N) is 1. The van der Waals surface area contributed by atoms with Crippen molar-refractivity contribution in [2.75, 3.05) is 19.7 Å². The maximum absolute atomic E-state index is 12.2. The molecule has 1 aromatic carbocycles. The zero-order valence-corrected chi connectivity index (χ0v) is 12.0. The van der Waals surface area contributed by atoms with Crippen molar-refractivity contribution in [3.63, 3.8) is 0 Å². The first-order valence-electron chi connectivity index (χ1n) is 5.46. The largest absolute Gasteiger partial charge is 0.395 e. The molecule has 0 heterocycles. The molecule has 0 saturated heterocycles. The van der Waals surface area contributed by atoms with Crippen molar-refractivity contribution in [1.82, 2.24) is 4.90 Å². The van der Waals surface area contributed by atoms with Crippen LogP contribution in [0.15, 0.2) is 22.7 Å². The number of hydrogen-bond donors (Lipinski definition) is 1. The predicted octanol–water partition coefficient (Wildman–Crippen LogP) is 2.95. The number of rotatable bonds is 5. The number of carbonyl (C=O) groups is 1. The van der Waals surface area contributed by atoms with Gasteiger partial charge < -0.3 is 10.0 Å². The SMILES string of the molecule is CCCN(CCO)C(=O)c1cccc(Br)c1Cl. The summed E-state index contributed by atoms with van der Waals surface area (Å²) in [6, 6.07) is 5.25. The van der Waals surface area contributed by atoms with Gasteiger partial charge in [-0.05, 0) is 34.5 Å². The summed E-state index contributed by atoms with van der Waals surface area (Å²) in [5, 5.41) is 9.36. The highest BCUT2D eigenvalue weighted by molar-refractivity contribution is 9.10. The van der Waals surface area contributed by atoms with Gasteiger partial charge in [-0.1, -0.05) is 24.6 Å². The molecule has 0 saturated carbocycles. The minimum absolute atomic E-state index is 0.0443. The van der Waals surface area contributed by atoms with Crippen LogP contribution in [0, 0.1) is 0 Å². The third kappa shape index (κ3) is 3.69. The van der Waals surface area contributed by atoms with Crippen LogP contribution in [-0.4, -0.2) is 35.6 Å². The Morgan fingerprint density at radius 2 is 2.18 bits per heavy atom. The Balaban J connectivity index is 2.96. The maximum atomic E-state index is 12.2. The predicted molar refractivity (Wildman–Crippen MR) is 72.4 cm³/mol. The fraction of sp³-hybridized carbons (Fsp3) is 0.417. The topological polar surface area (TPSA) is 40.5 Å². The van der Waals surface area contributed by atoms with Crippen LogP contribution < -0.4 is 0 Å². The van der Waals surface area contributed by atoms with Gasteiger partial charge in [-0.25, -0.2) is 0 Å². The fourth-order valence-electron chi connectivity index (χ4n) is 1.54. The van der Waals surface area contributed by atoms with Gasteiger partial charge in [0.15, 0.2) is 0 Å². The third-order valence-electron chi connectivity index (χ3n) is 2.33. The summed E-state index contributed by atoms with van der Waals surface area (Å²) in [4.78, 5) is 13.8. The normalized spacial score (nSPS) is 10.4. The first-order chi connectivity index (χ1) is 8.11. The van der Waals surface area contributed by atoms with Crippen molar-refractivity contribution in [3.8, 4) is 0 Å². The van der Waals surface area contributed by atoms with Crippen LogP contribution in [0.25, 0.3) is 0 Å². The van der Waals surface area contributed by atoms with Crippen LogP contribution in [0.1, 0.15) is 23.7 Å². The van der Waals surface area contributed by atoms with E-state index < -0.39 is 0 Å². The average Bonchev–Trinajstić information content (AvgIpc) is 2.31. The van der Waals surface area contributed by atoms with Gasteiger partial charge in [-0.2, -0.15) is 0 Å². The molecule has 0 aliphatic carbocycles. The summed E-state index contributed by atoms with van der Waals surface area (Å²) in [5.74, 6) is -0.146. The van der Waals surface area contributed by atoms with Gasteiger partial charge in [0, 0.05) is 17.6 Å². The van der Waals surface area contributed by atoms with E-state index >= 15 is 0 Å². The molecule has 1 aromatic rings. The lowest BCUT2D eigenvalue weighted by Crippen LogP contribution is -2.34. The summed E-state index contributed by atoms with van der Waals surface area (Å²) in [6.45, 7) is 2.88. The molecule has 0 fully saturated rings. The second-order valence-electron chi connectivity index (χ2n) is 3.62. The molecule has 0 spiro atoms. The zero-order valence-electron chi connectivity index (χ0n) is 9.62. The first kappa shape index (κ1) is 14.5. The monoisotopic (exact) mass is 319 g/mol. The van der Waals surface area contributed by atoms with Gasteiger partial charge in [0.25, 0.3) is 5.91 Å². The van der Waals surface area contributed by atoms with Gasteiger partial charge >= 0.3 is 0 Å². The van der Waals surface area contributed by atoms with Gasteiger partial charge in [0.1, 0.15) is 0 Å². The van der Waals surface area contributed by atoms with E-state index in [-0.39, 0.29) is 12.5 Å². The summed E-state index contributed by atoms with van der Waals surface area (Å²) < 4.78 is 0.700. The minimum atomic E-state index is -0.146. The van der Waals surface area contributed by atoms with Gasteiger partial charge in [-0.3, -0.25) is 4.79 Å². The molecular formula is C12H15BrClNO2. The summed E-state index contributed by atoms with van der Waals surface area (Å²) in [6.07, 6.45) is 0.845. The Morgan fingerprint density at radius 1 is 1.47 bits per heavy atom. The Hall–Kier alpha value is -0.580. The molecule has 0 unspecified atom stereocenters. The molecule has 1 amide bonds. The quantitative estimate of drug-likeness (QED) is 0.906. The van der Waals surface area contributed by atoms with E-state index in [4.69, 9.17) is 16.7 Å². The van der Waals surface area contributed by atoms with Crippen LogP contribution in [0.3, 0.4) is 0 Å². The molecule has 1 N–H and O–H groups in total. The number of carbonyl (C=O) groups excluding carboxylic acids is 1. The van der Waals surface area contributed by atoms with Crippen LogP contribution >= 0.6 is 27.5 Å². The van der Waals surface area contributed by atoms with E-state index in [1.54, 1.807) is 23.1 Å². The Morgan fingerprint density at radius 3 is 2.76 bits per heavy atom. The number of hydrogen-bond acceptors (Lipinski definition) is 2. The number of amides is 1. The summed E-state index contributed by atoms with van der Waals surface area (Å²) in [5.41, 5.74) is 0.461. The smallest absolute Gasteiger partial charge is 0.255 e. The molecule has 0 aliphatic heterocycles. The molecule has 17 heavy (non-hydrogen) atoms. The highest BCUT2D eigenvalue weighted by Gasteiger charge is 2.18. The second kappa shape index (κ2) is 6.99. The van der Waals surface area contributed by atoms with E-state index in [1.807, 2.05) is 6.92 Å². The molecular weight excluding hydrogens is 305 g/mol. The molecule has 0 bridgehead atoms. The first-order valence-corrected chi connectivity index (χ1v) is 6.63. The van der Waals surface area contributed by atoms with Crippen molar-refractivity contribution in [2.24, 2.45) is 0 Å². The van der Waals surface area contributed by atoms with Crippen LogP contribution in [-0.2, 0) is 0 Å². The second-order valence-corrected chi connectivity index (χ2v) is 4.85. The molecule has 3 nitrogen and oxygen atoms in total. The average molecular weight is 321 g/mol. The van der Waals surface area contributed by atoms with Crippen molar-refractivity contribution in [2.45, 2.75) is 13.3 Å². The lowest BCUT2D eigenvalue weighted by molar-refractivity contribution is 0.0722. The molecule has 0 aliphatic rings. The highest BCUT2D eigenvalue weighted by atomic mass is 79.9. The van der Waals surface area contributed by atoms with E-state index in [0.29, 0.717) is 28.1 Å². The Labute approximate surface area is 115 Å². The third-order valence-corrected chi connectivity index (χ3v) is 3.63. The fourth-order valence-corrected chi connectivity index (χ4v) is 2.12. The maximum Gasteiger partial charge on any atom is 0.255 e. The Bertz CT molecular complexity index is 392. The van der Waals surface area contributed by atoms with Crippen molar-refractivity contribution in [1.29, 1.82) is 0 Å². The van der Waals surface area contributed by atoms with Crippen LogP contribution in [0.5, 0.6) is 0 Å². The van der Waals surface area contributed by atoms with Crippen LogP contribution in [0.2, 0.25) is 5.02 Å². The van der Waals surface area contributed by atoms with E-state index in [2.05, 4.69) is 15.9 Å². The minimum Gasteiger partial charge on any atom is -0.395 e.